The Morgan fingerprint density at radius 1 is 0.909 bits per heavy atom. The van der Waals surface area contributed by atoms with E-state index in [0.29, 0.717) is 37.3 Å². The molecule has 0 saturated carbocycles. The van der Waals surface area contributed by atoms with Crippen molar-refractivity contribution >= 4 is 23.4 Å². The van der Waals surface area contributed by atoms with Crippen LogP contribution < -0.4 is 4.90 Å². The lowest BCUT2D eigenvalue weighted by Crippen LogP contribution is -2.52. The van der Waals surface area contributed by atoms with Gasteiger partial charge in [-0.15, -0.1) is 0 Å². The molecule has 0 bridgehead atoms. The van der Waals surface area contributed by atoms with Crippen molar-refractivity contribution in [3.8, 4) is 5.82 Å². The molecule has 9 nitrogen and oxygen atoms in total. The van der Waals surface area contributed by atoms with Gasteiger partial charge >= 0.3 is 0 Å². The second-order valence-electron chi connectivity index (χ2n) is 8.23. The molecule has 2 aromatic heterocycles. The Hall–Kier alpha value is -4.01. The molecule has 168 valence electrons. The molecule has 0 aliphatic carbocycles. The Balaban J connectivity index is 1.25. The Morgan fingerprint density at radius 2 is 1.55 bits per heavy atom. The summed E-state index contributed by atoms with van der Waals surface area (Å²) in [5.41, 5.74) is 3.67. The molecule has 1 saturated heterocycles. The Morgan fingerprint density at radius 3 is 2.15 bits per heavy atom. The number of benzene rings is 1. The molecule has 33 heavy (non-hydrogen) atoms. The van der Waals surface area contributed by atoms with Crippen LogP contribution in [-0.4, -0.2) is 75.0 Å². The van der Waals surface area contributed by atoms with Crippen LogP contribution in [0, 0.1) is 13.8 Å². The van der Waals surface area contributed by atoms with Crippen LogP contribution in [-0.2, 0) is 4.79 Å². The summed E-state index contributed by atoms with van der Waals surface area (Å²) >= 11 is 0. The van der Waals surface area contributed by atoms with Gasteiger partial charge in [0.25, 0.3) is 11.8 Å². The average molecular weight is 444 g/mol. The Labute approximate surface area is 191 Å². The smallest absolute Gasteiger partial charge is 0.262 e. The molecule has 3 amide bonds. The first-order valence-electron chi connectivity index (χ1n) is 10.9. The van der Waals surface area contributed by atoms with Crippen molar-refractivity contribution in [3.63, 3.8) is 0 Å². The normalized spacial score (nSPS) is 15.9. The molecule has 4 heterocycles. The van der Waals surface area contributed by atoms with Gasteiger partial charge in [0.1, 0.15) is 6.54 Å². The van der Waals surface area contributed by atoms with Gasteiger partial charge in [-0.3, -0.25) is 19.3 Å². The van der Waals surface area contributed by atoms with Crippen LogP contribution >= 0.6 is 0 Å². The van der Waals surface area contributed by atoms with E-state index in [1.54, 1.807) is 35.4 Å². The molecular formula is C24H24N6O3. The van der Waals surface area contributed by atoms with Gasteiger partial charge in [0.15, 0.2) is 5.82 Å². The van der Waals surface area contributed by atoms with Gasteiger partial charge in [-0.1, -0.05) is 18.2 Å². The van der Waals surface area contributed by atoms with Crippen LogP contribution in [0.25, 0.3) is 5.82 Å². The maximum Gasteiger partial charge on any atom is 0.262 e. The van der Waals surface area contributed by atoms with Crippen molar-refractivity contribution < 1.29 is 14.4 Å². The fraction of sp³-hybridized carbons (Fsp3) is 0.292. The van der Waals surface area contributed by atoms with Crippen LogP contribution in [0.2, 0.25) is 0 Å². The fourth-order valence-corrected chi connectivity index (χ4v) is 4.59. The minimum absolute atomic E-state index is 0.221. The van der Waals surface area contributed by atoms with Crippen LogP contribution in [0.5, 0.6) is 0 Å². The number of carbonyl (C=O) groups is 3. The molecule has 0 unspecified atom stereocenters. The molecule has 0 N–H and O–H groups in total. The molecule has 1 fully saturated rings. The van der Waals surface area contributed by atoms with Gasteiger partial charge in [0, 0.05) is 32.4 Å². The second kappa shape index (κ2) is 8.16. The lowest BCUT2D eigenvalue weighted by molar-refractivity contribution is -0.131. The Kier molecular flexibility index (Phi) is 5.16. The van der Waals surface area contributed by atoms with Crippen molar-refractivity contribution in [1.29, 1.82) is 0 Å². The molecule has 2 aliphatic heterocycles. The first-order chi connectivity index (χ1) is 16.0. The highest BCUT2D eigenvalue weighted by Gasteiger charge is 2.37. The van der Waals surface area contributed by atoms with E-state index in [1.165, 1.54) is 0 Å². The van der Waals surface area contributed by atoms with Gasteiger partial charge in [0.2, 0.25) is 5.91 Å². The topological polar surface area (TPSA) is 91.6 Å². The van der Waals surface area contributed by atoms with Gasteiger partial charge in [0.05, 0.1) is 28.2 Å². The molecule has 2 aliphatic rings. The molecule has 1 aromatic carbocycles. The summed E-state index contributed by atoms with van der Waals surface area (Å²) < 4.78 is 1.84. The number of aryl methyl sites for hydroxylation is 1. The molecule has 0 atom stereocenters. The van der Waals surface area contributed by atoms with E-state index >= 15 is 0 Å². The number of carbonyl (C=O) groups excluding carboxylic acids is 3. The third-order valence-corrected chi connectivity index (χ3v) is 6.24. The summed E-state index contributed by atoms with van der Waals surface area (Å²) in [4.78, 5) is 47.4. The zero-order valence-electron chi connectivity index (χ0n) is 18.6. The first-order valence-corrected chi connectivity index (χ1v) is 10.9. The molecule has 5 rings (SSSR count). The number of rotatable bonds is 4. The fourth-order valence-electron chi connectivity index (χ4n) is 4.59. The van der Waals surface area contributed by atoms with Gasteiger partial charge in [-0.25, -0.2) is 9.67 Å². The molecular weight excluding hydrogens is 420 g/mol. The van der Waals surface area contributed by atoms with Crippen molar-refractivity contribution in [2.24, 2.45) is 0 Å². The third-order valence-electron chi connectivity index (χ3n) is 6.24. The first kappa shape index (κ1) is 20.9. The maximum atomic E-state index is 12.9. The van der Waals surface area contributed by atoms with E-state index in [9.17, 15) is 14.4 Å². The van der Waals surface area contributed by atoms with E-state index in [2.05, 4.69) is 15.0 Å². The van der Waals surface area contributed by atoms with E-state index in [0.717, 1.165) is 27.8 Å². The number of anilines is 1. The zero-order chi connectivity index (χ0) is 23.1. The average Bonchev–Trinajstić information content (AvgIpc) is 3.27. The monoisotopic (exact) mass is 444 g/mol. The number of nitrogens with zero attached hydrogens (tertiary/aromatic N) is 6. The summed E-state index contributed by atoms with van der Waals surface area (Å²) in [6, 6.07) is 12.4. The predicted molar refractivity (Wildman–Crippen MR) is 121 cm³/mol. The van der Waals surface area contributed by atoms with E-state index < -0.39 is 11.8 Å². The summed E-state index contributed by atoms with van der Waals surface area (Å²) in [6.07, 6.45) is 1.74. The number of imide groups is 1. The van der Waals surface area contributed by atoms with Crippen LogP contribution in [0.15, 0.2) is 48.7 Å². The third kappa shape index (κ3) is 3.55. The highest BCUT2D eigenvalue weighted by atomic mass is 16.2. The van der Waals surface area contributed by atoms with Crippen molar-refractivity contribution in [2.45, 2.75) is 13.8 Å². The predicted octanol–water partition coefficient (Wildman–Crippen LogP) is 1.83. The van der Waals surface area contributed by atoms with Crippen LogP contribution in [0.3, 0.4) is 0 Å². The maximum absolute atomic E-state index is 12.9. The van der Waals surface area contributed by atoms with Crippen LogP contribution in [0.4, 0.5) is 5.69 Å². The van der Waals surface area contributed by atoms with Crippen molar-refractivity contribution in [2.75, 3.05) is 37.6 Å². The number of fused-ring (bicyclic) bond motifs is 1. The lowest BCUT2D eigenvalue weighted by atomic mass is 10.1. The van der Waals surface area contributed by atoms with Gasteiger partial charge < -0.3 is 9.80 Å². The van der Waals surface area contributed by atoms with E-state index in [4.69, 9.17) is 0 Å². The highest BCUT2D eigenvalue weighted by molar-refractivity contribution is 6.22. The summed E-state index contributed by atoms with van der Waals surface area (Å²) in [6.45, 7) is 6.06. The van der Waals surface area contributed by atoms with Crippen molar-refractivity contribution in [3.05, 3.63) is 71.2 Å². The van der Waals surface area contributed by atoms with Crippen molar-refractivity contribution in [1.82, 2.24) is 24.6 Å². The minimum atomic E-state index is -0.407. The summed E-state index contributed by atoms with van der Waals surface area (Å²) in [5, 5.41) is 4.66. The summed E-state index contributed by atoms with van der Waals surface area (Å²) in [5.74, 6) is -0.271. The van der Waals surface area contributed by atoms with E-state index in [-0.39, 0.29) is 12.5 Å². The van der Waals surface area contributed by atoms with Gasteiger partial charge in [-0.2, -0.15) is 5.10 Å². The SMILES string of the molecule is Cc1nn(-c2ccccn2)c(C)c1N1CCN(C(=O)CN2C(=O)c3ccccc3C2=O)CC1. The number of hydrogen-bond acceptors (Lipinski definition) is 6. The minimum Gasteiger partial charge on any atom is -0.365 e. The second-order valence-corrected chi connectivity index (χ2v) is 8.23. The largest absolute Gasteiger partial charge is 0.365 e. The Bertz CT molecular complexity index is 1210. The number of hydrogen-bond donors (Lipinski definition) is 0. The number of aromatic nitrogens is 3. The molecule has 3 aromatic rings. The van der Waals surface area contributed by atoms with Crippen LogP contribution in [0.1, 0.15) is 32.1 Å². The lowest BCUT2D eigenvalue weighted by Gasteiger charge is -2.36. The molecule has 0 spiro atoms. The summed E-state index contributed by atoms with van der Waals surface area (Å²) in [7, 11) is 0. The standard InChI is InChI=1S/C24H24N6O3/c1-16-22(17(2)30(26-16)20-9-5-6-10-25-20)28-13-11-27(12-14-28)21(31)15-29-23(32)18-7-3-4-8-19(18)24(29)33/h3-10H,11-15H2,1-2H3. The molecule has 9 heteroatoms. The number of amides is 3. The number of piperazine rings is 1. The highest BCUT2D eigenvalue weighted by Crippen LogP contribution is 2.27. The molecule has 0 radical (unpaired) electrons. The zero-order valence-corrected chi connectivity index (χ0v) is 18.6. The van der Waals surface area contributed by atoms with Gasteiger partial charge in [-0.05, 0) is 38.1 Å². The number of pyridine rings is 1. The quantitative estimate of drug-likeness (QED) is 0.570. The van der Waals surface area contributed by atoms with E-state index in [1.807, 2.05) is 36.7 Å².